The van der Waals surface area contributed by atoms with Crippen molar-refractivity contribution in [3.05, 3.63) is 53.4 Å². The second kappa shape index (κ2) is 9.88. The molecule has 0 aliphatic heterocycles. The average Bonchev–Trinajstić information content (AvgIpc) is 3.01. The first kappa shape index (κ1) is 21.6. The number of carbonyl (C=O) groups is 1. The van der Waals surface area contributed by atoms with Gasteiger partial charge in [-0.3, -0.25) is 0 Å². The lowest BCUT2D eigenvalue weighted by atomic mass is 10.1. The van der Waals surface area contributed by atoms with E-state index in [1.807, 2.05) is 0 Å². The third kappa shape index (κ3) is 5.53. The van der Waals surface area contributed by atoms with E-state index in [9.17, 15) is 31.9 Å². The molecule has 0 atom stereocenters. The van der Waals surface area contributed by atoms with Gasteiger partial charge < -0.3 is 9.90 Å². The van der Waals surface area contributed by atoms with E-state index in [1.165, 1.54) is 32.2 Å². The molecule has 1 aromatic heterocycles. The number of carbonyl (C=O) groups excluding carboxylic acids is 1. The molecule has 0 aliphatic carbocycles. The topological polar surface area (TPSA) is 48.9 Å². The molecule has 9 heteroatoms. The van der Waals surface area contributed by atoms with Crippen molar-refractivity contribution in [2.24, 2.45) is 7.05 Å². The average molecular weight is 378 g/mol. The molecule has 0 radical (unpaired) electrons. The number of unbranched alkanes of at least 4 members (excludes halogenated alkanes) is 3. The van der Waals surface area contributed by atoms with Crippen LogP contribution in [0.1, 0.15) is 43.0 Å². The number of nitrogens with zero attached hydrogens (tertiary/aromatic N) is 2. The Kier molecular flexibility index (Phi) is 8.21. The highest BCUT2D eigenvalue weighted by atomic mass is 19.2. The molecular formula is C17H19F5N2O2. The van der Waals surface area contributed by atoms with E-state index >= 15 is 0 Å². The summed E-state index contributed by atoms with van der Waals surface area (Å²) in [5.74, 6) is -14.4. The van der Waals surface area contributed by atoms with Gasteiger partial charge in [0.2, 0.25) is 12.1 Å². The number of carboxylic acid groups (broad SMARTS) is 1. The lowest BCUT2D eigenvalue weighted by Gasteiger charge is -2.07. The van der Waals surface area contributed by atoms with E-state index in [0.29, 0.717) is 0 Å². The molecule has 0 saturated heterocycles. The summed E-state index contributed by atoms with van der Waals surface area (Å²) in [7, 11) is 2.06. The zero-order valence-electron chi connectivity index (χ0n) is 14.4. The summed E-state index contributed by atoms with van der Waals surface area (Å²) in [6, 6.07) is 0. The Morgan fingerprint density at radius 3 is 1.96 bits per heavy atom. The van der Waals surface area contributed by atoms with Crippen LogP contribution < -0.4 is 9.67 Å². The highest BCUT2D eigenvalue weighted by Gasteiger charge is 2.25. The number of imidazole rings is 1. The standard InChI is InChI=1S/C10H19N2.C7HF5O2/c1-3-4-5-6-7-12-9-8-11(2)10-12;8-2-1(7(13)14)3(9)5(11)6(12)4(2)10/h8-10H,3-7H2,1-2H3;(H,13,14)/q+1;/p-1. The number of benzene rings is 1. The van der Waals surface area contributed by atoms with E-state index in [1.54, 1.807) is 0 Å². The second-order valence-corrected chi connectivity index (χ2v) is 5.61. The maximum Gasteiger partial charge on any atom is 0.243 e. The lowest BCUT2D eigenvalue weighted by Crippen LogP contribution is -2.26. The molecule has 0 saturated carbocycles. The van der Waals surface area contributed by atoms with Gasteiger partial charge in [0.1, 0.15) is 12.4 Å². The third-order valence-electron chi connectivity index (χ3n) is 3.51. The van der Waals surface area contributed by atoms with Crippen LogP contribution in [0, 0.1) is 29.1 Å². The minimum atomic E-state index is -2.47. The summed E-state index contributed by atoms with van der Waals surface area (Å²) in [5, 5.41) is 10.0. The summed E-state index contributed by atoms with van der Waals surface area (Å²) >= 11 is 0. The molecule has 0 unspecified atom stereocenters. The SMILES string of the molecule is CCCCCCn1cc[n+](C)c1.O=C([O-])c1c(F)c(F)c(F)c(F)c1F. The van der Waals surface area contributed by atoms with Crippen LogP contribution in [0.2, 0.25) is 0 Å². The highest BCUT2D eigenvalue weighted by molar-refractivity contribution is 5.86. The molecule has 4 nitrogen and oxygen atoms in total. The van der Waals surface area contributed by atoms with Crippen molar-refractivity contribution in [3.8, 4) is 0 Å². The van der Waals surface area contributed by atoms with Crippen molar-refractivity contribution in [1.82, 2.24) is 4.57 Å². The summed E-state index contributed by atoms with van der Waals surface area (Å²) in [6.07, 6.45) is 11.7. The van der Waals surface area contributed by atoms with Crippen LogP contribution >= 0.6 is 0 Å². The van der Waals surface area contributed by atoms with Crippen molar-refractivity contribution in [3.63, 3.8) is 0 Å². The predicted octanol–water partition coefficient (Wildman–Crippen LogP) is 2.64. The molecule has 144 valence electrons. The Hall–Kier alpha value is -2.45. The Morgan fingerprint density at radius 2 is 1.54 bits per heavy atom. The quantitative estimate of drug-likeness (QED) is 0.255. The molecule has 0 bridgehead atoms. The van der Waals surface area contributed by atoms with Crippen molar-refractivity contribution >= 4 is 5.97 Å². The Bertz CT molecular complexity index is 733. The van der Waals surface area contributed by atoms with E-state index in [-0.39, 0.29) is 0 Å². The minimum absolute atomic E-state index is 1.17. The summed E-state index contributed by atoms with van der Waals surface area (Å²) in [4.78, 5) is 10.0. The maximum absolute atomic E-state index is 12.5. The van der Waals surface area contributed by atoms with Crippen LogP contribution in [0.5, 0.6) is 0 Å². The largest absolute Gasteiger partial charge is 0.545 e. The molecule has 0 fully saturated rings. The van der Waals surface area contributed by atoms with Gasteiger partial charge in [-0.15, -0.1) is 0 Å². The molecule has 0 spiro atoms. The number of aryl methyl sites for hydroxylation is 2. The fourth-order valence-electron chi connectivity index (χ4n) is 2.14. The summed E-state index contributed by atoms with van der Waals surface area (Å²) in [6.45, 7) is 3.41. The minimum Gasteiger partial charge on any atom is -0.545 e. The molecule has 1 aromatic carbocycles. The zero-order chi connectivity index (χ0) is 19.9. The molecule has 0 aliphatic rings. The van der Waals surface area contributed by atoms with Crippen molar-refractivity contribution < 1.29 is 36.4 Å². The maximum atomic E-state index is 12.5. The fourth-order valence-corrected chi connectivity index (χ4v) is 2.14. The van der Waals surface area contributed by atoms with Crippen LogP contribution in [-0.2, 0) is 13.6 Å². The Morgan fingerprint density at radius 1 is 1.00 bits per heavy atom. The van der Waals surface area contributed by atoms with Crippen molar-refractivity contribution in [2.45, 2.75) is 39.2 Å². The predicted molar refractivity (Wildman–Crippen MR) is 80.3 cm³/mol. The van der Waals surface area contributed by atoms with Gasteiger partial charge in [0.15, 0.2) is 23.3 Å². The number of aromatic nitrogens is 2. The van der Waals surface area contributed by atoms with Gasteiger partial charge in [-0.1, -0.05) is 19.8 Å². The van der Waals surface area contributed by atoms with Gasteiger partial charge in [-0.05, 0) is 12.8 Å². The molecule has 1 heterocycles. The number of carboxylic acids is 1. The van der Waals surface area contributed by atoms with E-state index in [4.69, 9.17) is 0 Å². The first-order valence-corrected chi connectivity index (χ1v) is 7.94. The number of halogens is 5. The molecular weight excluding hydrogens is 359 g/mol. The zero-order valence-corrected chi connectivity index (χ0v) is 14.4. The van der Waals surface area contributed by atoms with Crippen LogP contribution in [0.4, 0.5) is 22.0 Å². The highest BCUT2D eigenvalue weighted by Crippen LogP contribution is 2.22. The van der Waals surface area contributed by atoms with Gasteiger partial charge in [0.05, 0.1) is 25.1 Å². The van der Waals surface area contributed by atoms with E-state index in [2.05, 4.69) is 41.8 Å². The number of hydrogen-bond acceptors (Lipinski definition) is 2. The molecule has 26 heavy (non-hydrogen) atoms. The molecule has 0 N–H and O–H groups in total. The number of hydrogen-bond donors (Lipinski definition) is 0. The summed E-state index contributed by atoms with van der Waals surface area (Å²) < 4.78 is 66.3. The normalized spacial score (nSPS) is 10.4. The van der Waals surface area contributed by atoms with Crippen molar-refractivity contribution in [1.29, 1.82) is 0 Å². The Balaban J connectivity index is 0.000000263. The number of aromatic carboxylic acids is 1. The fraction of sp³-hybridized carbons (Fsp3) is 0.412. The van der Waals surface area contributed by atoms with E-state index in [0.717, 1.165) is 0 Å². The molecule has 2 rings (SSSR count). The third-order valence-corrected chi connectivity index (χ3v) is 3.51. The van der Waals surface area contributed by atoms with Gasteiger partial charge in [-0.25, -0.2) is 31.1 Å². The van der Waals surface area contributed by atoms with Crippen LogP contribution in [0.15, 0.2) is 18.7 Å². The van der Waals surface area contributed by atoms with Crippen molar-refractivity contribution in [2.75, 3.05) is 0 Å². The Labute approximate surface area is 147 Å². The van der Waals surface area contributed by atoms with Gasteiger partial charge in [0, 0.05) is 0 Å². The van der Waals surface area contributed by atoms with Crippen LogP contribution in [-0.4, -0.2) is 10.5 Å². The van der Waals surface area contributed by atoms with E-state index < -0.39 is 40.6 Å². The second-order valence-electron chi connectivity index (χ2n) is 5.61. The summed E-state index contributed by atoms with van der Waals surface area (Å²) in [5.41, 5.74) is -1.97. The van der Waals surface area contributed by atoms with Crippen LogP contribution in [0.25, 0.3) is 0 Å². The van der Waals surface area contributed by atoms with Gasteiger partial charge in [0.25, 0.3) is 0 Å². The lowest BCUT2D eigenvalue weighted by molar-refractivity contribution is -0.671. The first-order chi connectivity index (χ1) is 12.2. The first-order valence-electron chi connectivity index (χ1n) is 7.94. The molecule has 2 aromatic rings. The van der Waals surface area contributed by atoms with Crippen LogP contribution in [0.3, 0.4) is 0 Å². The molecule has 0 amide bonds. The van der Waals surface area contributed by atoms with Gasteiger partial charge in [-0.2, -0.15) is 0 Å². The van der Waals surface area contributed by atoms with Gasteiger partial charge >= 0.3 is 0 Å². The number of rotatable bonds is 6. The monoisotopic (exact) mass is 378 g/mol. The smallest absolute Gasteiger partial charge is 0.243 e.